The second-order valence-corrected chi connectivity index (χ2v) is 6.70. The van der Waals surface area contributed by atoms with Gasteiger partial charge in [-0.2, -0.15) is 0 Å². The van der Waals surface area contributed by atoms with E-state index in [2.05, 4.69) is 19.9 Å². The van der Waals surface area contributed by atoms with Gasteiger partial charge in [0, 0.05) is 30.8 Å². The largest absolute Gasteiger partial charge is 0.347 e. The smallest absolute Gasteiger partial charge is 0.263 e. The van der Waals surface area contributed by atoms with Crippen molar-refractivity contribution >= 4 is 17.2 Å². The number of nitrogens with zero attached hydrogens (tertiary/aromatic N) is 1. The molecule has 3 heterocycles. The highest BCUT2D eigenvalue weighted by atomic mass is 32.1. The number of ether oxygens (including phenoxy) is 2. The van der Waals surface area contributed by atoms with Crippen LogP contribution >= 0.6 is 11.3 Å². The zero-order valence-electron chi connectivity index (χ0n) is 12.1. The molecule has 0 atom stereocenters. The molecular formula is C15H21NO3S. The Labute approximate surface area is 123 Å². The molecule has 1 spiro atoms. The van der Waals surface area contributed by atoms with Gasteiger partial charge in [0.1, 0.15) is 0 Å². The SMILES string of the molecule is CCc1cc(C(=O)N2CCC3(CC2)OCCO3)sc1C. The zero-order valence-corrected chi connectivity index (χ0v) is 12.9. The molecule has 0 radical (unpaired) electrons. The molecule has 2 fully saturated rings. The van der Waals surface area contributed by atoms with Crippen LogP contribution in [0.3, 0.4) is 0 Å². The number of likely N-dealkylation sites (tertiary alicyclic amines) is 1. The lowest BCUT2D eigenvalue weighted by Crippen LogP contribution is -2.47. The quantitative estimate of drug-likeness (QED) is 0.842. The molecule has 0 N–H and O–H groups in total. The summed E-state index contributed by atoms with van der Waals surface area (Å²) in [5.74, 6) is -0.248. The van der Waals surface area contributed by atoms with Crippen LogP contribution in [0.25, 0.3) is 0 Å². The third kappa shape index (κ3) is 2.50. The highest BCUT2D eigenvalue weighted by molar-refractivity contribution is 7.14. The number of carbonyl (C=O) groups excluding carboxylic acids is 1. The molecule has 1 aromatic heterocycles. The first-order valence-electron chi connectivity index (χ1n) is 7.30. The van der Waals surface area contributed by atoms with Crippen LogP contribution < -0.4 is 0 Å². The lowest BCUT2D eigenvalue weighted by atomic mass is 10.0. The molecule has 0 aliphatic carbocycles. The first kappa shape index (κ1) is 14.0. The Balaban J connectivity index is 1.66. The number of amides is 1. The fraction of sp³-hybridized carbons (Fsp3) is 0.667. The highest BCUT2D eigenvalue weighted by Gasteiger charge is 2.41. The average molecular weight is 295 g/mol. The highest BCUT2D eigenvalue weighted by Crippen LogP contribution is 2.32. The van der Waals surface area contributed by atoms with E-state index in [1.807, 2.05) is 4.90 Å². The lowest BCUT2D eigenvalue weighted by molar-refractivity contribution is -0.181. The fourth-order valence-corrected chi connectivity index (χ4v) is 4.05. The van der Waals surface area contributed by atoms with Crippen molar-refractivity contribution in [2.24, 2.45) is 0 Å². The van der Waals surface area contributed by atoms with E-state index in [9.17, 15) is 4.79 Å². The molecule has 1 aromatic rings. The van der Waals surface area contributed by atoms with Gasteiger partial charge >= 0.3 is 0 Å². The summed E-state index contributed by atoms with van der Waals surface area (Å²) in [6.45, 7) is 7.01. The first-order chi connectivity index (χ1) is 9.63. The van der Waals surface area contributed by atoms with Crippen molar-refractivity contribution in [2.45, 2.75) is 38.9 Å². The van der Waals surface area contributed by atoms with Crippen LogP contribution in [0, 0.1) is 6.92 Å². The third-order valence-corrected chi connectivity index (χ3v) is 5.32. The Morgan fingerprint density at radius 3 is 2.55 bits per heavy atom. The maximum absolute atomic E-state index is 12.5. The van der Waals surface area contributed by atoms with Crippen molar-refractivity contribution in [3.8, 4) is 0 Å². The standard InChI is InChI=1S/C15H21NO3S/c1-3-12-10-13(20-11(12)2)14(17)16-6-4-15(5-7-16)18-8-9-19-15/h10H,3-9H2,1-2H3. The molecule has 2 aliphatic heterocycles. The van der Waals surface area contributed by atoms with Crippen molar-refractivity contribution in [3.63, 3.8) is 0 Å². The van der Waals surface area contributed by atoms with Gasteiger partial charge in [-0.05, 0) is 25.0 Å². The van der Waals surface area contributed by atoms with E-state index in [0.717, 1.165) is 37.2 Å². The molecular weight excluding hydrogens is 274 g/mol. The summed E-state index contributed by atoms with van der Waals surface area (Å²) in [6.07, 6.45) is 2.55. The van der Waals surface area contributed by atoms with E-state index >= 15 is 0 Å². The molecule has 0 unspecified atom stereocenters. The lowest BCUT2D eigenvalue weighted by Gasteiger charge is -2.37. The van der Waals surface area contributed by atoms with Gasteiger partial charge in [0.15, 0.2) is 5.79 Å². The number of hydrogen-bond acceptors (Lipinski definition) is 4. The Morgan fingerprint density at radius 2 is 2.00 bits per heavy atom. The van der Waals surface area contributed by atoms with Gasteiger partial charge in [-0.25, -0.2) is 0 Å². The Kier molecular flexibility index (Phi) is 3.84. The van der Waals surface area contributed by atoms with Crippen LogP contribution in [0.5, 0.6) is 0 Å². The van der Waals surface area contributed by atoms with Gasteiger partial charge in [-0.15, -0.1) is 11.3 Å². The van der Waals surface area contributed by atoms with Crippen LogP contribution in [-0.4, -0.2) is 42.9 Å². The second kappa shape index (κ2) is 5.47. The van der Waals surface area contributed by atoms with Crippen LogP contribution in [0.4, 0.5) is 0 Å². The van der Waals surface area contributed by atoms with E-state index in [-0.39, 0.29) is 5.91 Å². The summed E-state index contributed by atoms with van der Waals surface area (Å²) in [7, 11) is 0. The topological polar surface area (TPSA) is 38.8 Å². The van der Waals surface area contributed by atoms with E-state index in [1.54, 1.807) is 11.3 Å². The molecule has 0 bridgehead atoms. The predicted molar refractivity (Wildman–Crippen MR) is 78.2 cm³/mol. The summed E-state index contributed by atoms with van der Waals surface area (Å²) in [5.41, 5.74) is 1.29. The summed E-state index contributed by atoms with van der Waals surface area (Å²) >= 11 is 1.61. The number of piperidine rings is 1. The number of thiophene rings is 1. The van der Waals surface area contributed by atoms with Crippen LogP contribution in [0.15, 0.2) is 6.07 Å². The van der Waals surface area contributed by atoms with Crippen LogP contribution in [0.1, 0.15) is 39.9 Å². The second-order valence-electron chi connectivity index (χ2n) is 5.45. The zero-order chi connectivity index (χ0) is 14.2. The molecule has 1 amide bonds. The third-order valence-electron chi connectivity index (χ3n) is 4.24. The van der Waals surface area contributed by atoms with Crippen molar-refractivity contribution in [2.75, 3.05) is 26.3 Å². The maximum Gasteiger partial charge on any atom is 0.263 e. The summed E-state index contributed by atoms with van der Waals surface area (Å²) in [6, 6.07) is 2.05. The van der Waals surface area contributed by atoms with Crippen LogP contribution in [0.2, 0.25) is 0 Å². The molecule has 0 aromatic carbocycles. The van der Waals surface area contributed by atoms with Crippen LogP contribution in [-0.2, 0) is 15.9 Å². The van der Waals surface area contributed by atoms with Crippen molar-refractivity contribution < 1.29 is 14.3 Å². The molecule has 2 aliphatic rings. The van der Waals surface area contributed by atoms with Gasteiger partial charge < -0.3 is 14.4 Å². The predicted octanol–water partition coefficient (Wildman–Crippen LogP) is 2.60. The summed E-state index contributed by atoms with van der Waals surface area (Å²) < 4.78 is 11.4. The van der Waals surface area contributed by atoms with Crippen molar-refractivity contribution in [3.05, 3.63) is 21.4 Å². The fourth-order valence-electron chi connectivity index (χ4n) is 2.97. The Bertz CT molecular complexity index is 495. The molecule has 4 nitrogen and oxygen atoms in total. The molecule has 3 rings (SSSR count). The van der Waals surface area contributed by atoms with Crippen molar-refractivity contribution in [1.29, 1.82) is 0 Å². The monoisotopic (exact) mass is 295 g/mol. The first-order valence-corrected chi connectivity index (χ1v) is 8.12. The molecule has 2 saturated heterocycles. The molecule has 110 valence electrons. The molecule has 20 heavy (non-hydrogen) atoms. The van der Waals surface area contributed by atoms with E-state index in [1.165, 1.54) is 10.4 Å². The number of rotatable bonds is 2. The van der Waals surface area contributed by atoms with Gasteiger partial charge in [0.2, 0.25) is 0 Å². The van der Waals surface area contributed by atoms with Gasteiger partial charge in [0.05, 0.1) is 18.1 Å². The van der Waals surface area contributed by atoms with E-state index < -0.39 is 5.79 Å². The normalized spacial score (nSPS) is 21.6. The minimum Gasteiger partial charge on any atom is -0.347 e. The number of hydrogen-bond donors (Lipinski definition) is 0. The van der Waals surface area contributed by atoms with Gasteiger partial charge in [-0.3, -0.25) is 4.79 Å². The minimum absolute atomic E-state index is 0.158. The van der Waals surface area contributed by atoms with Crippen molar-refractivity contribution in [1.82, 2.24) is 4.90 Å². The Hall–Kier alpha value is -0.910. The summed E-state index contributed by atoms with van der Waals surface area (Å²) in [5, 5.41) is 0. The average Bonchev–Trinajstić information content (AvgIpc) is 3.06. The van der Waals surface area contributed by atoms with E-state index in [0.29, 0.717) is 13.2 Å². The Morgan fingerprint density at radius 1 is 1.35 bits per heavy atom. The summed E-state index contributed by atoms with van der Waals surface area (Å²) in [4.78, 5) is 16.6. The molecule has 0 saturated carbocycles. The van der Waals surface area contributed by atoms with E-state index in [4.69, 9.17) is 9.47 Å². The van der Waals surface area contributed by atoms with Gasteiger partial charge in [-0.1, -0.05) is 6.92 Å². The minimum atomic E-state index is -0.406. The number of carbonyl (C=O) groups is 1. The maximum atomic E-state index is 12.5. The van der Waals surface area contributed by atoms with Gasteiger partial charge in [0.25, 0.3) is 5.91 Å². The molecule has 5 heteroatoms. The number of aryl methyl sites for hydroxylation is 2.